The van der Waals surface area contributed by atoms with Crippen LogP contribution in [0.25, 0.3) is 0 Å². The zero-order valence-electron chi connectivity index (χ0n) is 13.1. The molecule has 5 nitrogen and oxygen atoms in total. The Hall–Kier alpha value is -1.27. The Morgan fingerprint density at radius 3 is 2.55 bits per heavy atom. The van der Waals surface area contributed by atoms with Crippen LogP contribution in [-0.4, -0.2) is 40.1 Å². The van der Waals surface area contributed by atoms with Gasteiger partial charge in [-0.2, -0.15) is 0 Å². The van der Waals surface area contributed by atoms with Gasteiger partial charge >= 0.3 is 0 Å². The smallest absolute Gasteiger partial charge is 0.256 e. The zero-order chi connectivity index (χ0) is 16.2. The molecule has 2 rings (SSSR count). The highest BCUT2D eigenvalue weighted by molar-refractivity contribution is 5.89. The molecule has 1 unspecified atom stereocenters. The molecule has 0 radical (unpaired) electrons. The molecule has 0 saturated heterocycles. The summed E-state index contributed by atoms with van der Waals surface area (Å²) in [5.74, 6) is -2.59. The number of carbonyl (C=O) groups is 1. The van der Waals surface area contributed by atoms with Gasteiger partial charge in [-0.1, -0.05) is 30.3 Å². The second kappa shape index (κ2) is 6.87. The van der Waals surface area contributed by atoms with Gasteiger partial charge in [0.15, 0.2) is 5.78 Å². The molecule has 5 heteroatoms. The Balaban J connectivity index is 1.91. The zero-order valence-corrected chi connectivity index (χ0v) is 13.1. The van der Waals surface area contributed by atoms with Crippen molar-refractivity contribution in [1.82, 2.24) is 0 Å². The van der Waals surface area contributed by atoms with Crippen LogP contribution in [0.1, 0.15) is 38.7 Å². The van der Waals surface area contributed by atoms with Crippen molar-refractivity contribution in [2.75, 3.05) is 6.61 Å². The van der Waals surface area contributed by atoms with Crippen LogP contribution >= 0.6 is 0 Å². The normalized spacial score (nSPS) is 28.5. The lowest BCUT2D eigenvalue weighted by atomic mass is 9.92. The van der Waals surface area contributed by atoms with Crippen molar-refractivity contribution in [3.63, 3.8) is 0 Å². The van der Waals surface area contributed by atoms with Gasteiger partial charge in [0, 0.05) is 19.4 Å². The Morgan fingerprint density at radius 1 is 1.23 bits per heavy atom. The molecule has 22 heavy (non-hydrogen) atoms. The number of benzene rings is 1. The fourth-order valence-corrected chi connectivity index (χ4v) is 2.73. The maximum absolute atomic E-state index is 11.9. The molecule has 0 heterocycles. The van der Waals surface area contributed by atoms with E-state index < -0.39 is 17.2 Å². The molecule has 1 aromatic rings. The van der Waals surface area contributed by atoms with Crippen molar-refractivity contribution in [3.05, 3.63) is 35.9 Å². The van der Waals surface area contributed by atoms with E-state index in [0.717, 1.165) is 5.56 Å². The summed E-state index contributed by atoms with van der Waals surface area (Å²) in [6.45, 7) is 4.10. The Morgan fingerprint density at radius 2 is 1.91 bits per heavy atom. The van der Waals surface area contributed by atoms with Gasteiger partial charge in [0.2, 0.25) is 0 Å². The highest BCUT2D eigenvalue weighted by Gasteiger charge is 2.60. The van der Waals surface area contributed by atoms with Gasteiger partial charge in [-0.25, -0.2) is 0 Å². The first-order chi connectivity index (χ1) is 10.4. The molecule has 1 saturated carbocycles. The minimum Gasteiger partial charge on any atom is -0.384 e. The van der Waals surface area contributed by atoms with Gasteiger partial charge in [-0.05, 0) is 25.8 Å². The van der Waals surface area contributed by atoms with Crippen molar-refractivity contribution in [2.24, 2.45) is 0 Å². The van der Waals surface area contributed by atoms with Gasteiger partial charge in [0.25, 0.3) is 5.79 Å². The highest BCUT2D eigenvalue weighted by atomic mass is 16.7. The molecule has 1 aliphatic carbocycles. The molecular weight excluding hydrogens is 284 g/mol. The number of ether oxygens (including phenoxy) is 2. The maximum atomic E-state index is 11.9. The van der Waals surface area contributed by atoms with E-state index in [1.54, 1.807) is 13.8 Å². The molecule has 2 N–H and O–H groups in total. The van der Waals surface area contributed by atoms with Crippen LogP contribution in [0.15, 0.2) is 30.3 Å². The number of rotatable bonds is 7. The fraction of sp³-hybridized carbons (Fsp3) is 0.588. The molecule has 1 aromatic carbocycles. The van der Waals surface area contributed by atoms with E-state index in [1.807, 2.05) is 30.3 Å². The molecular formula is C17H24O5. The molecule has 0 spiro atoms. The SMILES string of the molecule is CC(C)OC1(O)C(=O)CC[C@@]1(O)CCOCc1ccccc1. The molecule has 1 fully saturated rings. The number of hydrogen-bond acceptors (Lipinski definition) is 5. The van der Waals surface area contributed by atoms with Crippen LogP contribution in [0.3, 0.4) is 0 Å². The van der Waals surface area contributed by atoms with Crippen LogP contribution in [0, 0.1) is 0 Å². The molecule has 1 aliphatic rings. The number of Topliss-reactive ketones (excluding diaryl/α,β-unsaturated/α-hetero) is 1. The molecule has 0 bridgehead atoms. The molecule has 0 amide bonds. The number of carbonyl (C=O) groups excluding carboxylic acids is 1. The predicted octanol–water partition coefficient (Wildman–Crippen LogP) is 1.80. The largest absolute Gasteiger partial charge is 0.384 e. The maximum Gasteiger partial charge on any atom is 0.256 e. The topological polar surface area (TPSA) is 76.0 Å². The van der Waals surface area contributed by atoms with Gasteiger partial charge in [0.1, 0.15) is 5.60 Å². The Labute approximate surface area is 130 Å². The summed E-state index contributed by atoms with van der Waals surface area (Å²) >= 11 is 0. The van der Waals surface area contributed by atoms with E-state index in [-0.39, 0.29) is 32.0 Å². The lowest BCUT2D eigenvalue weighted by Crippen LogP contribution is -2.57. The lowest BCUT2D eigenvalue weighted by Gasteiger charge is -2.37. The van der Waals surface area contributed by atoms with Crippen molar-refractivity contribution >= 4 is 5.78 Å². The van der Waals surface area contributed by atoms with Gasteiger partial charge in [-0.15, -0.1) is 0 Å². The summed E-state index contributed by atoms with van der Waals surface area (Å²) < 4.78 is 10.9. The summed E-state index contributed by atoms with van der Waals surface area (Å²) in [7, 11) is 0. The summed E-state index contributed by atoms with van der Waals surface area (Å²) in [4.78, 5) is 11.9. The van der Waals surface area contributed by atoms with Crippen LogP contribution in [0.2, 0.25) is 0 Å². The van der Waals surface area contributed by atoms with Crippen molar-refractivity contribution in [1.29, 1.82) is 0 Å². The standard InChI is InChI=1S/C17H24O5/c1-13(2)22-17(20)15(18)8-9-16(17,19)10-11-21-12-14-6-4-3-5-7-14/h3-7,13,19-20H,8-12H2,1-2H3/t16-,17?/m1/s1. The van der Waals surface area contributed by atoms with Crippen molar-refractivity contribution in [2.45, 2.75) is 57.2 Å². The fourth-order valence-electron chi connectivity index (χ4n) is 2.73. The Kier molecular flexibility index (Phi) is 5.34. The van der Waals surface area contributed by atoms with E-state index in [2.05, 4.69) is 0 Å². The molecule has 0 aromatic heterocycles. The van der Waals surface area contributed by atoms with E-state index in [0.29, 0.717) is 6.61 Å². The molecule has 122 valence electrons. The van der Waals surface area contributed by atoms with E-state index in [4.69, 9.17) is 9.47 Å². The number of hydrogen-bond donors (Lipinski definition) is 2. The van der Waals surface area contributed by atoms with Crippen LogP contribution in [0.4, 0.5) is 0 Å². The average Bonchev–Trinajstić information content (AvgIpc) is 2.69. The Bertz CT molecular complexity index is 501. The van der Waals surface area contributed by atoms with Crippen molar-refractivity contribution < 1.29 is 24.5 Å². The van der Waals surface area contributed by atoms with Gasteiger partial charge in [0.05, 0.1) is 12.7 Å². The predicted molar refractivity (Wildman–Crippen MR) is 81.1 cm³/mol. The van der Waals surface area contributed by atoms with Crippen LogP contribution in [0.5, 0.6) is 0 Å². The summed E-state index contributed by atoms with van der Waals surface area (Å²) in [5.41, 5.74) is -0.559. The first-order valence-electron chi connectivity index (χ1n) is 7.65. The quantitative estimate of drug-likeness (QED) is 0.593. The first kappa shape index (κ1) is 17.1. The van der Waals surface area contributed by atoms with E-state index in [1.165, 1.54) is 0 Å². The lowest BCUT2D eigenvalue weighted by molar-refractivity contribution is -0.283. The number of aliphatic hydroxyl groups is 2. The van der Waals surface area contributed by atoms with Gasteiger partial charge < -0.3 is 19.7 Å². The minimum absolute atomic E-state index is 0.110. The van der Waals surface area contributed by atoms with Crippen molar-refractivity contribution in [3.8, 4) is 0 Å². The van der Waals surface area contributed by atoms with E-state index >= 15 is 0 Å². The molecule has 2 atom stereocenters. The summed E-state index contributed by atoms with van der Waals surface area (Å²) in [6.07, 6.45) is 0.0838. The second-order valence-corrected chi connectivity index (χ2v) is 6.05. The molecule has 0 aliphatic heterocycles. The van der Waals surface area contributed by atoms with Gasteiger partial charge in [-0.3, -0.25) is 4.79 Å². The van der Waals surface area contributed by atoms with E-state index in [9.17, 15) is 15.0 Å². The third-order valence-electron chi connectivity index (χ3n) is 3.95. The summed E-state index contributed by atoms with van der Waals surface area (Å²) in [5, 5.41) is 21.1. The third kappa shape index (κ3) is 3.55. The number of ketones is 1. The third-order valence-corrected chi connectivity index (χ3v) is 3.95. The second-order valence-electron chi connectivity index (χ2n) is 6.05. The van der Waals surface area contributed by atoms with Crippen LogP contribution < -0.4 is 0 Å². The first-order valence-corrected chi connectivity index (χ1v) is 7.65. The average molecular weight is 308 g/mol. The highest BCUT2D eigenvalue weighted by Crippen LogP contribution is 2.40. The summed E-state index contributed by atoms with van der Waals surface area (Å²) in [6, 6.07) is 9.69. The monoisotopic (exact) mass is 308 g/mol. The van der Waals surface area contributed by atoms with Crippen LogP contribution in [-0.2, 0) is 20.9 Å². The minimum atomic E-state index is -2.13.